The van der Waals surface area contributed by atoms with E-state index in [0.717, 1.165) is 36.8 Å². The van der Waals surface area contributed by atoms with Gasteiger partial charge in [0, 0.05) is 30.4 Å². The van der Waals surface area contributed by atoms with Crippen molar-refractivity contribution in [2.24, 2.45) is 5.92 Å². The maximum absolute atomic E-state index is 12.7. The van der Waals surface area contributed by atoms with Gasteiger partial charge in [0.15, 0.2) is 0 Å². The summed E-state index contributed by atoms with van der Waals surface area (Å²) in [6, 6.07) is 9.41. The Morgan fingerprint density at radius 2 is 2.00 bits per heavy atom. The Bertz CT molecular complexity index is 1120. The van der Waals surface area contributed by atoms with Crippen LogP contribution < -0.4 is 15.7 Å². The second kappa shape index (κ2) is 7.97. The zero-order chi connectivity index (χ0) is 20.5. The molecular weight excluding hydrogens is 380 g/mol. The van der Waals surface area contributed by atoms with Crippen molar-refractivity contribution < 1.29 is 9.53 Å². The van der Waals surface area contributed by atoms with Crippen molar-refractivity contribution in [3.05, 3.63) is 58.1 Å². The molecule has 0 bridgehead atoms. The van der Waals surface area contributed by atoms with Crippen molar-refractivity contribution in [2.45, 2.75) is 51.1 Å². The van der Waals surface area contributed by atoms with Gasteiger partial charge in [0.1, 0.15) is 0 Å². The van der Waals surface area contributed by atoms with Crippen molar-refractivity contribution in [3.63, 3.8) is 0 Å². The number of aromatic amines is 1. The summed E-state index contributed by atoms with van der Waals surface area (Å²) in [6.07, 6.45) is 8.55. The Balaban J connectivity index is 1.27. The lowest BCUT2D eigenvalue weighted by molar-refractivity contribution is 0.0951. The second-order valence-electron chi connectivity index (χ2n) is 8.41. The predicted octanol–water partition coefficient (Wildman–Crippen LogP) is 3.56. The lowest BCUT2D eigenvalue weighted by Gasteiger charge is -2.11. The molecule has 7 heteroatoms. The summed E-state index contributed by atoms with van der Waals surface area (Å²) >= 11 is 0. The van der Waals surface area contributed by atoms with E-state index >= 15 is 0 Å². The molecule has 156 valence electrons. The Morgan fingerprint density at radius 3 is 2.80 bits per heavy atom. The lowest BCUT2D eigenvalue weighted by atomic mass is 10.1. The van der Waals surface area contributed by atoms with Crippen LogP contribution in [0.25, 0.3) is 11.0 Å². The number of fused-ring (bicyclic) bond motifs is 1. The fraction of sp³-hybridized carbons (Fsp3) is 0.435. The quantitative estimate of drug-likeness (QED) is 0.628. The van der Waals surface area contributed by atoms with E-state index in [2.05, 4.69) is 15.3 Å². The van der Waals surface area contributed by atoms with Crippen LogP contribution in [0.2, 0.25) is 0 Å². The Labute approximate surface area is 174 Å². The number of carbonyl (C=O) groups is 1. The molecule has 3 aromatic rings. The molecule has 1 aromatic carbocycles. The summed E-state index contributed by atoms with van der Waals surface area (Å²) in [6.45, 7) is 1.10. The van der Waals surface area contributed by atoms with Crippen LogP contribution in [0.4, 0.5) is 0 Å². The van der Waals surface area contributed by atoms with Gasteiger partial charge in [0.25, 0.3) is 5.91 Å². The number of carbonyl (C=O) groups excluding carboxylic acids is 1. The molecule has 2 saturated carbocycles. The number of H-pyrrole nitrogens is 1. The normalized spacial score (nSPS) is 16.8. The van der Waals surface area contributed by atoms with Gasteiger partial charge in [-0.15, -0.1) is 0 Å². The van der Waals surface area contributed by atoms with Gasteiger partial charge in [0.2, 0.25) is 5.88 Å². The first-order valence-electron chi connectivity index (χ1n) is 10.8. The van der Waals surface area contributed by atoms with Gasteiger partial charge in [-0.3, -0.25) is 9.36 Å². The number of nitrogens with zero attached hydrogens (tertiary/aromatic N) is 2. The Kier molecular flexibility index (Phi) is 5.02. The maximum atomic E-state index is 12.7. The van der Waals surface area contributed by atoms with Crippen LogP contribution >= 0.6 is 0 Å². The van der Waals surface area contributed by atoms with Crippen LogP contribution in [0.5, 0.6) is 5.88 Å². The number of nitrogens with one attached hydrogen (secondary N) is 2. The highest BCUT2D eigenvalue weighted by molar-refractivity contribution is 5.97. The number of benzene rings is 1. The van der Waals surface area contributed by atoms with Crippen molar-refractivity contribution >= 4 is 16.9 Å². The smallest absolute Gasteiger partial charge is 0.326 e. The molecule has 7 nitrogen and oxygen atoms in total. The van der Waals surface area contributed by atoms with Gasteiger partial charge in [-0.25, -0.2) is 9.78 Å². The average Bonchev–Trinajstić information content (AvgIpc) is 3.32. The van der Waals surface area contributed by atoms with E-state index in [0.29, 0.717) is 36.0 Å². The molecule has 0 saturated heterocycles. The molecule has 5 rings (SSSR count). The van der Waals surface area contributed by atoms with E-state index in [1.165, 1.54) is 12.8 Å². The average molecular weight is 406 g/mol. The van der Waals surface area contributed by atoms with Gasteiger partial charge in [0.05, 0.1) is 17.6 Å². The highest BCUT2D eigenvalue weighted by Gasteiger charge is 2.23. The maximum Gasteiger partial charge on any atom is 0.326 e. The highest BCUT2D eigenvalue weighted by Crippen LogP contribution is 2.31. The first-order valence-corrected chi connectivity index (χ1v) is 10.8. The number of amides is 1. The standard InChI is InChI=1S/C23H26N4O3/c28-22(25-13-16-9-10-24-21(11-16)30-14-15-5-6-15)17-7-8-20-19(12-17)26-23(29)27(20)18-3-1-2-4-18/h7-12,15,18H,1-6,13-14H2,(H,25,28)(H,26,29). The van der Waals surface area contributed by atoms with E-state index in [4.69, 9.17) is 4.74 Å². The summed E-state index contributed by atoms with van der Waals surface area (Å²) in [5.41, 5.74) is 2.95. The van der Waals surface area contributed by atoms with Gasteiger partial charge < -0.3 is 15.0 Å². The van der Waals surface area contributed by atoms with E-state index in [1.54, 1.807) is 18.3 Å². The van der Waals surface area contributed by atoms with Crippen LogP contribution in [0, 0.1) is 5.92 Å². The molecule has 0 unspecified atom stereocenters. The minimum absolute atomic E-state index is 0.0926. The number of pyridine rings is 1. The van der Waals surface area contributed by atoms with E-state index in [1.807, 2.05) is 22.8 Å². The zero-order valence-electron chi connectivity index (χ0n) is 16.9. The summed E-state index contributed by atoms with van der Waals surface area (Å²) in [5.74, 6) is 1.09. The topological polar surface area (TPSA) is 89.0 Å². The monoisotopic (exact) mass is 406 g/mol. The van der Waals surface area contributed by atoms with E-state index in [9.17, 15) is 9.59 Å². The number of aromatic nitrogens is 3. The molecule has 2 heterocycles. The Hall–Kier alpha value is -3.09. The lowest BCUT2D eigenvalue weighted by Crippen LogP contribution is -2.22. The van der Waals surface area contributed by atoms with Crippen molar-refractivity contribution in [1.29, 1.82) is 0 Å². The minimum atomic E-state index is -0.177. The number of hydrogen-bond acceptors (Lipinski definition) is 4. The van der Waals surface area contributed by atoms with Crippen LogP contribution in [0.3, 0.4) is 0 Å². The fourth-order valence-corrected chi connectivity index (χ4v) is 4.21. The van der Waals surface area contributed by atoms with Crippen molar-refractivity contribution in [3.8, 4) is 5.88 Å². The second-order valence-corrected chi connectivity index (χ2v) is 8.41. The van der Waals surface area contributed by atoms with Gasteiger partial charge in [-0.05, 0) is 61.4 Å². The molecule has 2 aromatic heterocycles. The summed E-state index contributed by atoms with van der Waals surface area (Å²) in [4.78, 5) is 32.2. The van der Waals surface area contributed by atoms with Gasteiger partial charge >= 0.3 is 5.69 Å². The zero-order valence-corrected chi connectivity index (χ0v) is 16.9. The predicted molar refractivity (Wildman–Crippen MR) is 114 cm³/mol. The van der Waals surface area contributed by atoms with Crippen molar-refractivity contribution in [2.75, 3.05) is 6.61 Å². The van der Waals surface area contributed by atoms with E-state index < -0.39 is 0 Å². The van der Waals surface area contributed by atoms with Crippen LogP contribution in [0.1, 0.15) is 60.5 Å². The highest BCUT2D eigenvalue weighted by atomic mass is 16.5. The SMILES string of the molecule is O=C(NCc1ccnc(OCC2CC2)c1)c1ccc2c(c1)[nH]c(=O)n2C1CCCC1. The van der Waals surface area contributed by atoms with Gasteiger partial charge in [-0.2, -0.15) is 0 Å². The van der Waals surface area contributed by atoms with Crippen molar-refractivity contribution in [1.82, 2.24) is 19.9 Å². The summed E-state index contributed by atoms with van der Waals surface area (Å²) < 4.78 is 7.56. The third-order valence-electron chi connectivity index (χ3n) is 6.08. The third-order valence-corrected chi connectivity index (χ3v) is 6.08. The molecule has 0 radical (unpaired) electrons. The molecule has 2 aliphatic rings. The molecule has 0 atom stereocenters. The van der Waals surface area contributed by atoms with Crippen LogP contribution in [-0.2, 0) is 6.54 Å². The molecular formula is C23H26N4O3. The number of imidazole rings is 1. The van der Waals surface area contributed by atoms with Crippen LogP contribution in [-0.4, -0.2) is 27.0 Å². The van der Waals surface area contributed by atoms with E-state index in [-0.39, 0.29) is 17.6 Å². The number of rotatable bonds is 7. The molecule has 0 aliphatic heterocycles. The molecule has 2 fully saturated rings. The largest absolute Gasteiger partial charge is 0.477 e. The Morgan fingerprint density at radius 1 is 1.17 bits per heavy atom. The molecule has 1 amide bonds. The molecule has 2 aliphatic carbocycles. The molecule has 30 heavy (non-hydrogen) atoms. The first-order chi connectivity index (χ1) is 14.7. The summed E-state index contributed by atoms with van der Waals surface area (Å²) in [5, 5.41) is 2.94. The fourth-order valence-electron chi connectivity index (χ4n) is 4.21. The molecule has 0 spiro atoms. The van der Waals surface area contributed by atoms with Crippen LogP contribution in [0.15, 0.2) is 41.3 Å². The molecule has 2 N–H and O–H groups in total. The third kappa shape index (κ3) is 3.97. The van der Waals surface area contributed by atoms with Gasteiger partial charge in [-0.1, -0.05) is 12.8 Å². The number of ether oxygens (including phenoxy) is 1. The first kappa shape index (κ1) is 18.9. The number of hydrogen-bond donors (Lipinski definition) is 2. The summed E-state index contributed by atoms with van der Waals surface area (Å²) in [7, 11) is 0. The minimum Gasteiger partial charge on any atom is -0.477 e.